The minimum Gasteiger partial charge on any atom is -0.373 e. The van der Waals surface area contributed by atoms with Gasteiger partial charge in [-0.3, -0.25) is 19.8 Å². The molecule has 0 saturated heterocycles. The summed E-state index contributed by atoms with van der Waals surface area (Å²) in [6.07, 6.45) is 3.32. The van der Waals surface area contributed by atoms with Crippen molar-refractivity contribution < 1.29 is 0 Å². The molecule has 3 N–H and O–H groups in total. The van der Waals surface area contributed by atoms with Crippen molar-refractivity contribution in [1.82, 2.24) is 19.9 Å². The van der Waals surface area contributed by atoms with Crippen LogP contribution in [0.15, 0.2) is 47.5 Å². The summed E-state index contributed by atoms with van der Waals surface area (Å²) in [5.74, 6) is 0.851. The van der Waals surface area contributed by atoms with Crippen molar-refractivity contribution in [2.24, 2.45) is 0 Å². The number of aryl methyl sites for hydroxylation is 2. The van der Waals surface area contributed by atoms with Gasteiger partial charge in [-0.15, -0.1) is 0 Å². The van der Waals surface area contributed by atoms with Crippen LogP contribution in [0.2, 0.25) is 0 Å². The van der Waals surface area contributed by atoms with E-state index in [0.717, 1.165) is 16.7 Å². The van der Waals surface area contributed by atoms with Gasteiger partial charge in [0.15, 0.2) is 0 Å². The zero-order chi connectivity index (χ0) is 19.6. The van der Waals surface area contributed by atoms with E-state index in [-0.39, 0.29) is 17.0 Å². The van der Waals surface area contributed by atoms with Crippen LogP contribution in [0.5, 0.6) is 0 Å². The second-order valence-corrected chi connectivity index (χ2v) is 6.18. The highest BCUT2D eigenvalue weighted by atomic mass is 16.1. The molecule has 2 heterocycles. The summed E-state index contributed by atoms with van der Waals surface area (Å²) in [4.78, 5) is 22.1. The molecule has 0 saturated carbocycles. The van der Waals surface area contributed by atoms with E-state index in [2.05, 4.69) is 20.6 Å². The second kappa shape index (κ2) is 7.41. The number of anilines is 1. The maximum Gasteiger partial charge on any atom is 0.271 e. The van der Waals surface area contributed by atoms with Gasteiger partial charge in [0, 0.05) is 32.1 Å². The third kappa shape index (κ3) is 3.31. The average molecular weight is 362 g/mol. The van der Waals surface area contributed by atoms with Crippen LogP contribution in [0.1, 0.15) is 16.7 Å². The molecule has 0 atom stereocenters. The predicted octanol–water partition coefficient (Wildman–Crippen LogP) is 2.50. The highest BCUT2D eigenvalue weighted by Crippen LogP contribution is 2.23. The summed E-state index contributed by atoms with van der Waals surface area (Å²) in [5, 5.41) is 13.8. The molecular weight excluding hydrogens is 340 g/mol. The summed E-state index contributed by atoms with van der Waals surface area (Å²) in [6, 6.07) is 9.43. The number of hydrogen-bond donors (Lipinski definition) is 3. The first-order valence-corrected chi connectivity index (χ1v) is 8.57. The third-order valence-electron chi connectivity index (χ3n) is 4.51. The lowest BCUT2D eigenvalue weighted by Gasteiger charge is -2.18. The van der Waals surface area contributed by atoms with Crippen molar-refractivity contribution >= 4 is 11.7 Å². The molecule has 0 amide bonds. The van der Waals surface area contributed by atoms with Gasteiger partial charge in [0.1, 0.15) is 23.0 Å². The lowest BCUT2D eigenvalue weighted by Crippen LogP contribution is -2.34. The molecule has 0 radical (unpaired) electrons. The fourth-order valence-electron chi connectivity index (χ4n) is 2.85. The van der Waals surface area contributed by atoms with E-state index in [0.29, 0.717) is 17.3 Å². The van der Waals surface area contributed by atoms with Gasteiger partial charge >= 0.3 is 0 Å². The Kier molecular flexibility index (Phi) is 5.03. The van der Waals surface area contributed by atoms with Gasteiger partial charge in [-0.1, -0.05) is 6.07 Å². The number of benzene rings is 1. The van der Waals surface area contributed by atoms with Crippen molar-refractivity contribution in [3.63, 3.8) is 0 Å². The predicted molar refractivity (Wildman–Crippen MR) is 108 cm³/mol. The number of amidine groups is 1. The van der Waals surface area contributed by atoms with E-state index in [9.17, 15) is 4.79 Å². The molecule has 1 aromatic carbocycles. The van der Waals surface area contributed by atoms with E-state index in [1.165, 1.54) is 0 Å². The Balaban J connectivity index is 2.42. The summed E-state index contributed by atoms with van der Waals surface area (Å²) in [6.45, 7) is 4.03. The van der Waals surface area contributed by atoms with Crippen LogP contribution in [0.3, 0.4) is 0 Å². The molecule has 0 unspecified atom stereocenters. The topological polar surface area (TPSA) is 95.7 Å². The maximum atomic E-state index is 13.4. The standard InChI is InChI=1S/C20H22N6O/c1-12-5-6-15(11-13(12)2)26-19(14-7-9-24-10-8-14)25-18(23-4)16(20(26)27)17(21)22-3/h5-11,23H,1-4H3,(H2,21,22). The number of hydrogen-bond acceptors (Lipinski definition) is 5. The molecule has 0 spiro atoms. The largest absolute Gasteiger partial charge is 0.373 e. The molecule has 0 aliphatic rings. The van der Waals surface area contributed by atoms with Crippen LogP contribution in [-0.4, -0.2) is 34.5 Å². The quantitative estimate of drug-likeness (QED) is 0.490. The maximum absolute atomic E-state index is 13.4. The molecule has 0 aliphatic carbocycles. The van der Waals surface area contributed by atoms with Gasteiger partial charge in [0.25, 0.3) is 5.56 Å². The van der Waals surface area contributed by atoms with Gasteiger partial charge in [0.2, 0.25) is 0 Å². The third-order valence-corrected chi connectivity index (χ3v) is 4.51. The second-order valence-electron chi connectivity index (χ2n) is 6.18. The van der Waals surface area contributed by atoms with Gasteiger partial charge in [0.05, 0.1) is 5.69 Å². The number of nitrogens with zero attached hydrogens (tertiary/aromatic N) is 3. The molecule has 3 rings (SSSR count). The Morgan fingerprint density at radius 1 is 1.07 bits per heavy atom. The molecule has 0 aliphatic heterocycles. The van der Waals surface area contributed by atoms with Gasteiger partial charge in [-0.25, -0.2) is 4.98 Å². The Labute approximate surface area is 157 Å². The first-order valence-electron chi connectivity index (χ1n) is 8.57. The lowest BCUT2D eigenvalue weighted by molar-refractivity contribution is 0.935. The van der Waals surface area contributed by atoms with Crippen molar-refractivity contribution in [2.75, 3.05) is 19.4 Å². The minimum atomic E-state index is -0.316. The normalized spacial score (nSPS) is 10.5. The highest BCUT2D eigenvalue weighted by Gasteiger charge is 2.21. The smallest absolute Gasteiger partial charge is 0.271 e. The summed E-state index contributed by atoms with van der Waals surface area (Å²) in [5.41, 5.74) is 3.55. The zero-order valence-electron chi connectivity index (χ0n) is 15.8. The van der Waals surface area contributed by atoms with E-state index in [1.54, 1.807) is 31.1 Å². The molecular formula is C20H22N6O. The number of rotatable bonds is 4. The first-order chi connectivity index (χ1) is 13.0. The molecule has 0 bridgehead atoms. The molecule has 3 aromatic rings. The van der Waals surface area contributed by atoms with Crippen LogP contribution in [0, 0.1) is 19.3 Å². The van der Waals surface area contributed by atoms with E-state index in [4.69, 9.17) is 5.41 Å². The Bertz CT molecular complexity index is 1060. The fraction of sp³-hybridized carbons (Fsp3) is 0.200. The van der Waals surface area contributed by atoms with E-state index >= 15 is 0 Å². The molecule has 138 valence electrons. The number of nitrogens with one attached hydrogen (secondary N) is 3. The first kappa shape index (κ1) is 18.3. The van der Waals surface area contributed by atoms with Crippen molar-refractivity contribution in [3.05, 3.63) is 69.8 Å². The summed E-state index contributed by atoms with van der Waals surface area (Å²) in [7, 11) is 3.29. The number of pyridine rings is 1. The van der Waals surface area contributed by atoms with Crippen LogP contribution in [0.4, 0.5) is 5.82 Å². The molecule has 7 nitrogen and oxygen atoms in total. The van der Waals surface area contributed by atoms with Gasteiger partial charge in [-0.05, 0) is 49.2 Å². The minimum absolute atomic E-state index is 0.00992. The van der Waals surface area contributed by atoms with Crippen LogP contribution < -0.4 is 16.2 Å². The Morgan fingerprint density at radius 2 is 1.78 bits per heavy atom. The summed E-state index contributed by atoms with van der Waals surface area (Å²) < 4.78 is 1.55. The average Bonchev–Trinajstić information content (AvgIpc) is 2.69. The molecule has 2 aromatic heterocycles. The van der Waals surface area contributed by atoms with E-state index in [1.807, 2.05) is 44.2 Å². The summed E-state index contributed by atoms with van der Waals surface area (Å²) >= 11 is 0. The van der Waals surface area contributed by atoms with Gasteiger partial charge < -0.3 is 10.6 Å². The highest BCUT2D eigenvalue weighted by molar-refractivity contribution is 6.00. The monoisotopic (exact) mass is 362 g/mol. The molecule has 0 fully saturated rings. The molecule has 27 heavy (non-hydrogen) atoms. The number of aromatic nitrogens is 3. The lowest BCUT2D eigenvalue weighted by atomic mass is 10.1. The Morgan fingerprint density at radius 3 is 2.37 bits per heavy atom. The van der Waals surface area contributed by atoms with Crippen molar-refractivity contribution in [3.8, 4) is 17.1 Å². The molecule has 7 heteroatoms. The van der Waals surface area contributed by atoms with Crippen LogP contribution in [0.25, 0.3) is 17.1 Å². The van der Waals surface area contributed by atoms with Crippen LogP contribution in [-0.2, 0) is 0 Å². The van der Waals surface area contributed by atoms with Crippen molar-refractivity contribution in [2.45, 2.75) is 13.8 Å². The zero-order valence-corrected chi connectivity index (χ0v) is 15.8. The SMILES string of the molecule is CNC(=N)c1c(NC)nc(-c2ccncc2)n(-c2ccc(C)c(C)c2)c1=O. The Hall–Kier alpha value is -3.48. The van der Waals surface area contributed by atoms with E-state index < -0.39 is 0 Å². The van der Waals surface area contributed by atoms with Crippen molar-refractivity contribution in [1.29, 1.82) is 5.41 Å². The van der Waals surface area contributed by atoms with Crippen LogP contribution >= 0.6 is 0 Å². The van der Waals surface area contributed by atoms with Gasteiger partial charge in [-0.2, -0.15) is 0 Å². The fourth-order valence-corrected chi connectivity index (χ4v) is 2.85.